The standard InChI is InChI=1S/C6H14NO5P/c1-4(2)12-13(10,11)7-5(3)6(8)9/h4-5H,1-3H3,(H,8,9)(H2,7,10,11)/t5-/m0/s1. The van der Waals surface area contributed by atoms with Crippen molar-refractivity contribution in [2.45, 2.75) is 32.9 Å². The van der Waals surface area contributed by atoms with Crippen LogP contribution in [0.1, 0.15) is 20.8 Å². The van der Waals surface area contributed by atoms with E-state index in [1.54, 1.807) is 13.8 Å². The minimum absolute atomic E-state index is 0.440. The summed E-state index contributed by atoms with van der Waals surface area (Å²) in [5.41, 5.74) is 0. The maximum atomic E-state index is 11.1. The van der Waals surface area contributed by atoms with Gasteiger partial charge in [-0.1, -0.05) is 0 Å². The van der Waals surface area contributed by atoms with Crippen molar-refractivity contribution in [2.24, 2.45) is 0 Å². The second-order valence-corrected chi connectivity index (χ2v) is 4.37. The molecule has 0 fully saturated rings. The third kappa shape index (κ3) is 5.76. The number of rotatable bonds is 5. The van der Waals surface area contributed by atoms with Gasteiger partial charge in [-0.25, -0.2) is 9.65 Å². The zero-order chi connectivity index (χ0) is 10.6. The molecule has 1 unspecified atom stereocenters. The highest BCUT2D eigenvalue weighted by Gasteiger charge is 2.26. The van der Waals surface area contributed by atoms with Crippen LogP contribution in [0, 0.1) is 0 Å². The molecule has 0 bridgehead atoms. The van der Waals surface area contributed by atoms with E-state index in [1.807, 2.05) is 5.09 Å². The molecule has 0 saturated heterocycles. The summed E-state index contributed by atoms with van der Waals surface area (Å²) in [7, 11) is -3.99. The van der Waals surface area contributed by atoms with Crippen molar-refractivity contribution in [3.8, 4) is 0 Å². The fraction of sp³-hybridized carbons (Fsp3) is 0.833. The Morgan fingerprint density at radius 2 is 1.92 bits per heavy atom. The molecule has 0 aliphatic rings. The van der Waals surface area contributed by atoms with Crippen LogP contribution in [0.15, 0.2) is 0 Å². The monoisotopic (exact) mass is 211 g/mol. The lowest BCUT2D eigenvalue weighted by molar-refractivity contribution is -0.138. The molecule has 0 aromatic carbocycles. The molecule has 2 atom stereocenters. The second kappa shape index (κ2) is 4.72. The number of hydrogen-bond acceptors (Lipinski definition) is 3. The van der Waals surface area contributed by atoms with Crippen molar-refractivity contribution >= 4 is 13.7 Å². The zero-order valence-electron chi connectivity index (χ0n) is 7.72. The largest absolute Gasteiger partial charge is 0.480 e. The third-order valence-corrected chi connectivity index (χ3v) is 2.50. The van der Waals surface area contributed by atoms with E-state index in [1.165, 1.54) is 6.92 Å². The number of carboxylic acids is 1. The van der Waals surface area contributed by atoms with Crippen LogP contribution in [-0.4, -0.2) is 28.1 Å². The minimum Gasteiger partial charge on any atom is -0.480 e. The minimum atomic E-state index is -3.99. The molecule has 0 aromatic heterocycles. The van der Waals surface area contributed by atoms with E-state index in [0.717, 1.165) is 0 Å². The second-order valence-electron chi connectivity index (χ2n) is 2.86. The van der Waals surface area contributed by atoms with Crippen LogP contribution >= 0.6 is 7.75 Å². The molecule has 0 amide bonds. The number of carbonyl (C=O) groups is 1. The molecule has 0 heterocycles. The maximum Gasteiger partial charge on any atom is 0.403 e. The number of aliphatic carboxylic acids is 1. The highest BCUT2D eigenvalue weighted by Crippen LogP contribution is 2.38. The van der Waals surface area contributed by atoms with Crippen molar-refractivity contribution in [1.82, 2.24) is 5.09 Å². The molecule has 0 spiro atoms. The fourth-order valence-electron chi connectivity index (χ4n) is 0.616. The van der Waals surface area contributed by atoms with E-state index in [4.69, 9.17) is 10.00 Å². The Morgan fingerprint density at radius 3 is 2.23 bits per heavy atom. The Hall–Kier alpha value is -0.420. The van der Waals surface area contributed by atoms with Gasteiger partial charge >= 0.3 is 13.7 Å². The van der Waals surface area contributed by atoms with Crippen molar-refractivity contribution in [2.75, 3.05) is 0 Å². The molecule has 3 N–H and O–H groups in total. The van der Waals surface area contributed by atoms with Gasteiger partial charge < -0.3 is 10.00 Å². The van der Waals surface area contributed by atoms with Gasteiger partial charge in [0.1, 0.15) is 6.04 Å². The summed E-state index contributed by atoms with van der Waals surface area (Å²) in [5, 5.41) is 10.4. The van der Waals surface area contributed by atoms with Crippen LogP contribution in [0.4, 0.5) is 0 Å². The Kier molecular flexibility index (Phi) is 4.56. The molecule has 0 saturated carbocycles. The highest BCUT2D eigenvalue weighted by atomic mass is 31.2. The molecule has 0 aliphatic carbocycles. The average molecular weight is 211 g/mol. The van der Waals surface area contributed by atoms with E-state index in [9.17, 15) is 9.36 Å². The zero-order valence-corrected chi connectivity index (χ0v) is 8.62. The summed E-state index contributed by atoms with van der Waals surface area (Å²) in [6.45, 7) is 4.42. The summed E-state index contributed by atoms with van der Waals surface area (Å²) in [5.74, 6) is -1.21. The lowest BCUT2D eigenvalue weighted by atomic mass is 10.4. The lowest BCUT2D eigenvalue weighted by Gasteiger charge is -2.17. The predicted octanol–water partition coefficient (Wildman–Crippen LogP) is 0.574. The molecular formula is C6H14NO5P. The number of carboxylic acid groups (broad SMARTS) is 1. The van der Waals surface area contributed by atoms with Gasteiger partial charge in [-0.3, -0.25) is 9.32 Å². The molecule has 6 nitrogen and oxygen atoms in total. The van der Waals surface area contributed by atoms with Crippen LogP contribution < -0.4 is 5.09 Å². The molecular weight excluding hydrogens is 197 g/mol. The van der Waals surface area contributed by atoms with Crippen LogP contribution in [0.3, 0.4) is 0 Å². The van der Waals surface area contributed by atoms with E-state index in [2.05, 4.69) is 4.52 Å². The van der Waals surface area contributed by atoms with Crippen LogP contribution in [-0.2, 0) is 13.9 Å². The maximum absolute atomic E-state index is 11.1. The first-order valence-corrected chi connectivity index (χ1v) is 5.34. The number of hydrogen-bond donors (Lipinski definition) is 3. The predicted molar refractivity (Wildman–Crippen MR) is 46.3 cm³/mol. The summed E-state index contributed by atoms with van der Waals surface area (Å²) in [6, 6.07) is -1.12. The molecule has 78 valence electrons. The van der Waals surface area contributed by atoms with E-state index in [-0.39, 0.29) is 0 Å². The molecule has 0 radical (unpaired) electrons. The van der Waals surface area contributed by atoms with Crippen LogP contribution in [0.25, 0.3) is 0 Å². The van der Waals surface area contributed by atoms with Gasteiger partial charge in [-0.2, -0.15) is 0 Å². The summed E-state index contributed by atoms with van der Waals surface area (Å²) in [4.78, 5) is 19.4. The first-order chi connectivity index (χ1) is 5.74. The van der Waals surface area contributed by atoms with Gasteiger partial charge in [-0.05, 0) is 20.8 Å². The Bertz CT molecular complexity index is 229. The SMILES string of the molecule is CC(C)OP(=O)(O)N[C@@H](C)C(=O)O. The number of nitrogens with one attached hydrogen (secondary N) is 1. The molecule has 0 aromatic rings. The van der Waals surface area contributed by atoms with Crippen molar-refractivity contribution in [3.05, 3.63) is 0 Å². The topological polar surface area (TPSA) is 95.9 Å². The first kappa shape index (κ1) is 12.6. The van der Waals surface area contributed by atoms with E-state index in [0.29, 0.717) is 0 Å². The molecule has 0 rings (SSSR count). The Balaban J connectivity index is 4.17. The van der Waals surface area contributed by atoms with Gasteiger partial charge in [0.05, 0.1) is 6.10 Å². The van der Waals surface area contributed by atoms with Crippen LogP contribution in [0.5, 0.6) is 0 Å². The summed E-state index contributed by atoms with van der Waals surface area (Å²) in [6.07, 6.45) is -0.440. The smallest absolute Gasteiger partial charge is 0.403 e. The Labute approximate surface area is 76.5 Å². The molecule has 13 heavy (non-hydrogen) atoms. The van der Waals surface area contributed by atoms with Gasteiger partial charge in [0.2, 0.25) is 0 Å². The third-order valence-electron chi connectivity index (χ3n) is 1.08. The Morgan fingerprint density at radius 1 is 1.46 bits per heavy atom. The first-order valence-electron chi connectivity index (χ1n) is 3.76. The summed E-state index contributed by atoms with van der Waals surface area (Å²) >= 11 is 0. The van der Waals surface area contributed by atoms with Gasteiger partial charge in [0, 0.05) is 0 Å². The van der Waals surface area contributed by atoms with Crippen molar-refractivity contribution < 1.29 is 23.9 Å². The van der Waals surface area contributed by atoms with Crippen LogP contribution in [0.2, 0.25) is 0 Å². The van der Waals surface area contributed by atoms with Gasteiger partial charge in [-0.15, -0.1) is 0 Å². The molecule has 7 heteroatoms. The van der Waals surface area contributed by atoms with Crippen molar-refractivity contribution in [3.63, 3.8) is 0 Å². The van der Waals surface area contributed by atoms with Gasteiger partial charge in [0.25, 0.3) is 0 Å². The van der Waals surface area contributed by atoms with Gasteiger partial charge in [0.15, 0.2) is 0 Å². The lowest BCUT2D eigenvalue weighted by Crippen LogP contribution is -2.32. The summed E-state index contributed by atoms with van der Waals surface area (Å²) < 4.78 is 15.7. The van der Waals surface area contributed by atoms with Crippen molar-refractivity contribution in [1.29, 1.82) is 0 Å². The van der Waals surface area contributed by atoms with E-state index >= 15 is 0 Å². The fourth-order valence-corrected chi connectivity index (χ4v) is 1.85. The normalized spacial score (nSPS) is 18.2. The highest BCUT2D eigenvalue weighted by molar-refractivity contribution is 7.50. The van der Waals surface area contributed by atoms with E-state index < -0.39 is 25.9 Å². The molecule has 0 aliphatic heterocycles. The average Bonchev–Trinajstić information content (AvgIpc) is 1.81. The quantitative estimate of drug-likeness (QED) is 0.575.